The van der Waals surface area contributed by atoms with Gasteiger partial charge in [0.2, 0.25) is 5.91 Å². The number of unbranched alkanes of at least 4 members (excludes halogenated alkanes) is 2. The normalized spacial score (nSPS) is 12.2. The number of aliphatic imine (C=N–C) groups is 1. The molecular formula is C18H30FIN4O. The molecule has 0 spiro atoms. The standard InChI is InChI=1S/C18H29FN4O.HI/c1-3-5-6-11-22-18(21-4-2)23-13-15(17(20)24)12-14-7-9-16(19)10-8-14;/h7-10,15H,3-6,11-13H2,1-2H3,(H2,20,24)(H2,21,22,23);1H. The van der Waals surface area contributed by atoms with Gasteiger partial charge in [-0.1, -0.05) is 31.9 Å². The number of guanidine groups is 1. The predicted octanol–water partition coefficient (Wildman–Crippen LogP) is 2.83. The summed E-state index contributed by atoms with van der Waals surface area (Å²) in [7, 11) is 0. The number of hydrogen-bond donors (Lipinski definition) is 3. The van der Waals surface area contributed by atoms with E-state index in [4.69, 9.17) is 5.73 Å². The third-order valence-corrected chi connectivity index (χ3v) is 3.68. The molecule has 0 heterocycles. The smallest absolute Gasteiger partial charge is 0.222 e. The quantitative estimate of drug-likeness (QED) is 0.216. The molecule has 4 N–H and O–H groups in total. The zero-order valence-electron chi connectivity index (χ0n) is 15.1. The van der Waals surface area contributed by atoms with Gasteiger partial charge in [0.25, 0.3) is 0 Å². The monoisotopic (exact) mass is 464 g/mol. The zero-order valence-corrected chi connectivity index (χ0v) is 17.4. The third-order valence-electron chi connectivity index (χ3n) is 3.68. The summed E-state index contributed by atoms with van der Waals surface area (Å²) in [5.74, 6) is -0.413. The van der Waals surface area contributed by atoms with Gasteiger partial charge < -0.3 is 16.4 Å². The van der Waals surface area contributed by atoms with Gasteiger partial charge in [-0.05, 0) is 37.5 Å². The summed E-state index contributed by atoms with van der Waals surface area (Å²) in [4.78, 5) is 16.1. The molecule has 0 saturated carbocycles. The van der Waals surface area contributed by atoms with Crippen molar-refractivity contribution in [1.29, 1.82) is 0 Å². The van der Waals surface area contributed by atoms with E-state index < -0.39 is 11.8 Å². The summed E-state index contributed by atoms with van der Waals surface area (Å²) in [6.45, 7) is 6.05. The minimum atomic E-state index is -0.415. The van der Waals surface area contributed by atoms with Crippen LogP contribution in [0.2, 0.25) is 0 Å². The Hall–Kier alpha value is -1.38. The Bertz CT molecular complexity index is 522. The summed E-state index contributed by atoms with van der Waals surface area (Å²) in [5.41, 5.74) is 6.36. The summed E-state index contributed by atoms with van der Waals surface area (Å²) >= 11 is 0. The largest absolute Gasteiger partial charge is 0.369 e. The van der Waals surface area contributed by atoms with Crippen molar-refractivity contribution in [1.82, 2.24) is 10.6 Å². The van der Waals surface area contributed by atoms with Crippen LogP contribution in [0, 0.1) is 11.7 Å². The number of nitrogens with zero attached hydrogens (tertiary/aromatic N) is 1. The molecule has 0 saturated heterocycles. The molecule has 0 aliphatic carbocycles. The Morgan fingerprint density at radius 3 is 2.44 bits per heavy atom. The minimum absolute atomic E-state index is 0. The molecular weight excluding hydrogens is 434 g/mol. The lowest BCUT2D eigenvalue weighted by Gasteiger charge is -2.14. The number of nitrogens with two attached hydrogens (primary N) is 1. The van der Waals surface area contributed by atoms with Gasteiger partial charge in [0.15, 0.2) is 5.96 Å². The van der Waals surface area contributed by atoms with E-state index in [1.54, 1.807) is 12.1 Å². The van der Waals surface area contributed by atoms with Crippen molar-refractivity contribution in [3.05, 3.63) is 35.6 Å². The van der Waals surface area contributed by atoms with Gasteiger partial charge in [-0.3, -0.25) is 9.79 Å². The van der Waals surface area contributed by atoms with Gasteiger partial charge in [-0.15, -0.1) is 24.0 Å². The summed E-state index contributed by atoms with van der Waals surface area (Å²) in [5, 5.41) is 6.42. The van der Waals surface area contributed by atoms with Crippen molar-refractivity contribution in [2.24, 2.45) is 16.6 Å². The van der Waals surface area contributed by atoms with E-state index in [1.165, 1.54) is 18.6 Å². The molecule has 5 nitrogen and oxygen atoms in total. The number of amides is 1. The average Bonchev–Trinajstić information content (AvgIpc) is 2.56. The number of carbonyl (C=O) groups is 1. The van der Waals surface area contributed by atoms with E-state index in [0.29, 0.717) is 18.9 Å². The van der Waals surface area contributed by atoms with E-state index in [2.05, 4.69) is 22.5 Å². The first-order valence-electron chi connectivity index (χ1n) is 8.62. The highest BCUT2D eigenvalue weighted by molar-refractivity contribution is 14.0. The van der Waals surface area contributed by atoms with Crippen LogP contribution in [-0.2, 0) is 11.2 Å². The van der Waals surface area contributed by atoms with Crippen LogP contribution in [-0.4, -0.2) is 31.5 Å². The van der Waals surface area contributed by atoms with Gasteiger partial charge in [0.05, 0.1) is 12.5 Å². The molecule has 1 rings (SSSR count). The van der Waals surface area contributed by atoms with Gasteiger partial charge >= 0.3 is 0 Å². The van der Waals surface area contributed by atoms with Crippen LogP contribution in [0.15, 0.2) is 29.3 Å². The highest BCUT2D eigenvalue weighted by Gasteiger charge is 2.16. The zero-order chi connectivity index (χ0) is 17.8. The molecule has 0 aliphatic rings. The van der Waals surface area contributed by atoms with Crippen LogP contribution in [0.4, 0.5) is 4.39 Å². The lowest BCUT2D eigenvalue weighted by molar-refractivity contribution is -0.121. The van der Waals surface area contributed by atoms with Crippen molar-refractivity contribution >= 4 is 35.8 Å². The lowest BCUT2D eigenvalue weighted by Crippen LogP contribution is -2.39. The second-order valence-electron chi connectivity index (χ2n) is 5.78. The Balaban J connectivity index is 0.00000576. The Morgan fingerprint density at radius 1 is 1.20 bits per heavy atom. The maximum absolute atomic E-state index is 13.0. The predicted molar refractivity (Wildman–Crippen MR) is 112 cm³/mol. The number of halogens is 2. The van der Waals surface area contributed by atoms with E-state index in [0.717, 1.165) is 31.5 Å². The number of benzene rings is 1. The number of carbonyl (C=O) groups excluding carboxylic acids is 1. The average molecular weight is 464 g/mol. The van der Waals surface area contributed by atoms with Crippen LogP contribution >= 0.6 is 24.0 Å². The van der Waals surface area contributed by atoms with Crippen molar-refractivity contribution in [2.45, 2.75) is 39.5 Å². The number of rotatable bonds is 10. The fraction of sp³-hybridized carbons (Fsp3) is 0.556. The second kappa shape index (κ2) is 13.9. The Kier molecular flexibility index (Phi) is 13.1. The lowest BCUT2D eigenvalue weighted by atomic mass is 9.99. The maximum Gasteiger partial charge on any atom is 0.222 e. The van der Waals surface area contributed by atoms with Crippen LogP contribution in [0.25, 0.3) is 0 Å². The topological polar surface area (TPSA) is 79.5 Å². The first kappa shape index (κ1) is 23.6. The van der Waals surface area contributed by atoms with Crippen molar-refractivity contribution in [3.63, 3.8) is 0 Å². The van der Waals surface area contributed by atoms with Crippen LogP contribution in [0.1, 0.15) is 38.7 Å². The van der Waals surface area contributed by atoms with Crippen molar-refractivity contribution in [3.8, 4) is 0 Å². The molecule has 0 bridgehead atoms. The molecule has 0 fully saturated rings. The highest BCUT2D eigenvalue weighted by atomic mass is 127. The van der Waals surface area contributed by atoms with E-state index in [1.807, 2.05) is 6.92 Å². The van der Waals surface area contributed by atoms with Crippen molar-refractivity contribution in [2.75, 3.05) is 19.6 Å². The molecule has 1 unspecified atom stereocenters. The number of nitrogens with one attached hydrogen (secondary N) is 2. The molecule has 0 aromatic heterocycles. The first-order chi connectivity index (χ1) is 11.6. The molecule has 25 heavy (non-hydrogen) atoms. The first-order valence-corrected chi connectivity index (χ1v) is 8.62. The molecule has 0 aliphatic heterocycles. The Labute approximate surface area is 167 Å². The van der Waals surface area contributed by atoms with Gasteiger partial charge in [0.1, 0.15) is 5.82 Å². The Morgan fingerprint density at radius 2 is 1.88 bits per heavy atom. The van der Waals surface area contributed by atoms with E-state index in [-0.39, 0.29) is 29.8 Å². The number of hydrogen-bond acceptors (Lipinski definition) is 2. The minimum Gasteiger partial charge on any atom is -0.369 e. The summed E-state index contributed by atoms with van der Waals surface area (Å²) < 4.78 is 13.0. The molecule has 142 valence electrons. The molecule has 1 aromatic carbocycles. The molecule has 1 aromatic rings. The number of primary amides is 1. The van der Waals surface area contributed by atoms with Crippen LogP contribution < -0.4 is 16.4 Å². The van der Waals surface area contributed by atoms with Crippen LogP contribution in [0.3, 0.4) is 0 Å². The molecule has 7 heteroatoms. The molecule has 0 radical (unpaired) electrons. The third kappa shape index (κ3) is 10.3. The second-order valence-corrected chi connectivity index (χ2v) is 5.78. The van der Waals surface area contributed by atoms with Crippen molar-refractivity contribution < 1.29 is 9.18 Å². The highest BCUT2D eigenvalue weighted by Crippen LogP contribution is 2.10. The van der Waals surface area contributed by atoms with Crippen LogP contribution in [0.5, 0.6) is 0 Å². The summed E-state index contributed by atoms with van der Waals surface area (Å²) in [6, 6.07) is 6.11. The van der Waals surface area contributed by atoms with Gasteiger partial charge in [-0.25, -0.2) is 4.39 Å². The summed E-state index contributed by atoms with van der Waals surface area (Å²) in [6.07, 6.45) is 3.86. The molecule has 1 atom stereocenters. The SMILES string of the molecule is CCCCCNC(=NCC(Cc1ccc(F)cc1)C(N)=O)NCC.I. The fourth-order valence-electron chi connectivity index (χ4n) is 2.29. The van der Waals surface area contributed by atoms with E-state index >= 15 is 0 Å². The van der Waals surface area contributed by atoms with Gasteiger partial charge in [0, 0.05) is 13.1 Å². The fourth-order valence-corrected chi connectivity index (χ4v) is 2.29. The molecule has 1 amide bonds. The van der Waals surface area contributed by atoms with Gasteiger partial charge in [-0.2, -0.15) is 0 Å². The maximum atomic E-state index is 13.0. The van der Waals surface area contributed by atoms with E-state index in [9.17, 15) is 9.18 Å².